The molecule has 0 saturated heterocycles. The molecule has 0 aliphatic carbocycles. The fourth-order valence-corrected chi connectivity index (χ4v) is 1.60. The lowest BCUT2D eigenvalue weighted by atomic mass is 9.93. The van der Waals surface area contributed by atoms with Crippen molar-refractivity contribution >= 4 is 0 Å². The Hall–Kier alpha value is -0.340. The van der Waals surface area contributed by atoms with Gasteiger partial charge in [0, 0.05) is 13.1 Å². The van der Waals surface area contributed by atoms with Crippen molar-refractivity contribution in [3.8, 4) is 0 Å². The van der Waals surface area contributed by atoms with Gasteiger partial charge in [0.1, 0.15) is 0 Å². The highest BCUT2D eigenvalue weighted by atomic mass is 15.1. The maximum Gasteiger partial charge on any atom is 0.00449 e. The van der Waals surface area contributed by atoms with E-state index >= 15 is 0 Å². The van der Waals surface area contributed by atoms with Crippen LogP contribution in [0.25, 0.3) is 0 Å². The van der Waals surface area contributed by atoms with Gasteiger partial charge in [-0.15, -0.1) is 6.58 Å². The van der Waals surface area contributed by atoms with E-state index in [2.05, 4.69) is 39.2 Å². The lowest BCUT2D eigenvalue weighted by molar-refractivity contribution is 0.184. The molecule has 0 aromatic heterocycles. The van der Waals surface area contributed by atoms with E-state index < -0.39 is 0 Å². The second-order valence-electron chi connectivity index (χ2n) is 5.35. The minimum atomic E-state index is 0.226. The van der Waals surface area contributed by atoms with Crippen LogP contribution in [0.3, 0.4) is 0 Å². The highest BCUT2D eigenvalue weighted by Crippen LogP contribution is 2.15. The molecular formula is C13H28N2. The van der Waals surface area contributed by atoms with Crippen LogP contribution in [0.5, 0.6) is 0 Å². The molecule has 0 radical (unpaired) electrons. The first-order chi connectivity index (χ1) is 6.91. The molecule has 0 heterocycles. The van der Waals surface area contributed by atoms with Gasteiger partial charge in [-0.3, -0.25) is 0 Å². The van der Waals surface area contributed by atoms with Crippen molar-refractivity contribution in [2.75, 3.05) is 26.2 Å². The van der Waals surface area contributed by atoms with Crippen molar-refractivity contribution in [2.24, 2.45) is 11.1 Å². The van der Waals surface area contributed by atoms with Crippen LogP contribution in [-0.4, -0.2) is 31.1 Å². The number of nitrogens with two attached hydrogens (primary N) is 1. The van der Waals surface area contributed by atoms with E-state index in [1.54, 1.807) is 0 Å². The third-order valence-corrected chi connectivity index (χ3v) is 2.60. The summed E-state index contributed by atoms with van der Waals surface area (Å²) in [4.78, 5) is 2.50. The molecule has 0 aliphatic heterocycles. The number of nitrogens with zero attached hydrogens (tertiary/aromatic N) is 1. The first-order valence-electron chi connectivity index (χ1n) is 5.98. The summed E-state index contributed by atoms with van der Waals surface area (Å²) in [6.45, 7) is 16.9. The van der Waals surface area contributed by atoms with Crippen molar-refractivity contribution in [1.29, 1.82) is 0 Å². The third-order valence-electron chi connectivity index (χ3n) is 2.60. The zero-order valence-electron chi connectivity index (χ0n) is 11.0. The smallest absolute Gasteiger partial charge is 0.00449 e. The first kappa shape index (κ1) is 14.7. The normalized spacial score (nSPS) is 12.1. The summed E-state index contributed by atoms with van der Waals surface area (Å²) in [5, 5.41) is 0. The molecule has 0 saturated carbocycles. The van der Waals surface area contributed by atoms with Gasteiger partial charge in [-0.25, -0.2) is 0 Å². The van der Waals surface area contributed by atoms with Gasteiger partial charge >= 0.3 is 0 Å². The van der Waals surface area contributed by atoms with Crippen molar-refractivity contribution in [3.05, 3.63) is 12.2 Å². The zero-order chi connectivity index (χ0) is 11.9. The molecule has 2 N–H and O–H groups in total. The Labute approximate surface area is 95.5 Å². The molecule has 90 valence electrons. The molecule has 0 aromatic carbocycles. The van der Waals surface area contributed by atoms with Gasteiger partial charge in [0.15, 0.2) is 0 Å². The van der Waals surface area contributed by atoms with Crippen LogP contribution in [0.4, 0.5) is 0 Å². The van der Waals surface area contributed by atoms with Gasteiger partial charge in [0.2, 0.25) is 0 Å². The van der Waals surface area contributed by atoms with Crippen LogP contribution in [0.1, 0.15) is 40.5 Å². The second kappa shape index (κ2) is 7.02. The topological polar surface area (TPSA) is 29.3 Å². The van der Waals surface area contributed by atoms with Crippen molar-refractivity contribution in [1.82, 2.24) is 4.90 Å². The van der Waals surface area contributed by atoms with Crippen molar-refractivity contribution in [3.63, 3.8) is 0 Å². The second-order valence-corrected chi connectivity index (χ2v) is 5.35. The molecule has 15 heavy (non-hydrogen) atoms. The van der Waals surface area contributed by atoms with Gasteiger partial charge in [-0.05, 0) is 38.3 Å². The zero-order valence-corrected chi connectivity index (χ0v) is 11.0. The van der Waals surface area contributed by atoms with Gasteiger partial charge in [-0.2, -0.15) is 0 Å². The van der Waals surface area contributed by atoms with E-state index in [4.69, 9.17) is 5.73 Å². The summed E-state index contributed by atoms with van der Waals surface area (Å²) in [5.74, 6) is 0. The first-order valence-corrected chi connectivity index (χ1v) is 5.98. The molecule has 0 spiro atoms. The Balaban J connectivity index is 4.08. The van der Waals surface area contributed by atoms with E-state index in [1.165, 1.54) is 12.0 Å². The summed E-state index contributed by atoms with van der Waals surface area (Å²) < 4.78 is 0. The molecule has 0 aromatic rings. The molecule has 0 bridgehead atoms. The van der Waals surface area contributed by atoms with Crippen LogP contribution in [-0.2, 0) is 0 Å². The van der Waals surface area contributed by atoms with Gasteiger partial charge < -0.3 is 10.6 Å². The van der Waals surface area contributed by atoms with Gasteiger partial charge in [0.25, 0.3) is 0 Å². The summed E-state index contributed by atoms with van der Waals surface area (Å²) >= 11 is 0. The largest absolute Gasteiger partial charge is 0.330 e. The third kappa shape index (κ3) is 7.57. The Bertz CT molecular complexity index is 185. The fourth-order valence-electron chi connectivity index (χ4n) is 1.60. The van der Waals surface area contributed by atoms with Crippen LogP contribution in [0, 0.1) is 5.41 Å². The van der Waals surface area contributed by atoms with Crippen LogP contribution in [0.15, 0.2) is 12.2 Å². The molecule has 0 amide bonds. The summed E-state index contributed by atoms with van der Waals surface area (Å²) in [5.41, 5.74) is 7.25. The molecule has 0 unspecified atom stereocenters. The fraction of sp³-hybridized carbons (Fsp3) is 0.846. The molecule has 2 nitrogen and oxygen atoms in total. The summed E-state index contributed by atoms with van der Waals surface area (Å²) in [6.07, 6.45) is 2.30. The summed E-state index contributed by atoms with van der Waals surface area (Å²) in [7, 11) is 0. The molecule has 0 rings (SSSR count). The molecule has 0 fully saturated rings. The molecular weight excluding hydrogens is 184 g/mol. The predicted octanol–water partition coefficient (Wildman–Crippen LogP) is 2.65. The van der Waals surface area contributed by atoms with Gasteiger partial charge in [0.05, 0.1) is 0 Å². The molecule has 0 aliphatic rings. The SMILES string of the molecule is C=C(C)CCN(CCC)CC(C)(C)CN. The minimum absolute atomic E-state index is 0.226. The lowest BCUT2D eigenvalue weighted by Gasteiger charge is -2.31. The number of rotatable bonds is 8. The van der Waals surface area contributed by atoms with Crippen molar-refractivity contribution < 1.29 is 0 Å². The maximum absolute atomic E-state index is 5.76. The highest BCUT2D eigenvalue weighted by molar-refractivity contribution is 4.89. The minimum Gasteiger partial charge on any atom is -0.330 e. The van der Waals surface area contributed by atoms with E-state index in [9.17, 15) is 0 Å². The van der Waals surface area contributed by atoms with E-state index in [-0.39, 0.29) is 5.41 Å². The van der Waals surface area contributed by atoms with Crippen LogP contribution >= 0.6 is 0 Å². The standard InChI is InChI=1S/C13H28N2/c1-6-8-15(9-7-12(2)3)11-13(4,5)10-14/h2,6-11,14H2,1,3-5H3. The van der Waals surface area contributed by atoms with E-state index in [1.807, 2.05) is 0 Å². The average molecular weight is 212 g/mol. The number of hydrogen-bond acceptors (Lipinski definition) is 2. The van der Waals surface area contributed by atoms with Crippen molar-refractivity contribution in [2.45, 2.75) is 40.5 Å². The van der Waals surface area contributed by atoms with Crippen LogP contribution < -0.4 is 5.73 Å². The van der Waals surface area contributed by atoms with Gasteiger partial charge in [-0.1, -0.05) is 26.3 Å². The lowest BCUT2D eigenvalue weighted by Crippen LogP contribution is -2.39. The highest BCUT2D eigenvalue weighted by Gasteiger charge is 2.19. The average Bonchev–Trinajstić information content (AvgIpc) is 2.14. The Kier molecular flexibility index (Phi) is 6.86. The Morgan fingerprint density at radius 1 is 1.33 bits per heavy atom. The molecule has 2 heteroatoms. The number of hydrogen-bond donors (Lipinski definition) is 1. The Morgan fingerprint density at radius 3 is 2.33 bits per heavy atom. The van der Waals surface area contributed by atoms with E-state index in [0.717, 1.165) is 32.6 Å². The predicted molar refractivity (Wildman–Crippen MR) is 69.0 cm³/mol. The monoisotopic (exact) mass is 212 g/mol. The van der Waals surface area contributed by atoms with E-state index in [0.29, 0.717) is 0 Å². The van der Waals surface area contributed by atoms with Crippen LogP contribution in [0.2, 0.25) is 0 Å². The quantitative estimate of drug-likeness (QED) is 0.627. The maximum atomic E-state index is 5.76. The Morgan fingerprint density at radius 2 is 1.93 bits per heavy atom. The molecule has 0 atom stereocenters. The summed E-state index contributed by atoms with van der Waals surface area (Å²) in [6, 6.07) is 0.